The first kappa shape index (κ1) is 22.6. The maximum absolute atomic E-state index is 15.3. The molecule has 1 amide bonds. The molecule has 0 aromatic carbocycles. The van der Waals surface area contributed by atoms with Gasteiger partial charge < -0.3 is 26.4 Å². The lowest BCUT2D eigenvalue weighted by atomic mass is 9.83. The molecule has 1 aliphatic carbocycles. The molecule has 6 rings (SSSR count). The van der Waals surface area contributed by atoms with Gasteiger partial charge in [0.15, 0.2) is 0 Å². The fraction of sp³-hybridized carbons (Fsp3) is 0.500. The van der Waals surface area contributed by atoms with E-state index >= 15 is 4.39 Å². The molecule has 3 aromatic heterocycles. The molecule has 0 radical (unpaired) electrons. The van der Waals surface area contributed by atoms with E-state index in [2.05, 4.69) is 20.2 Å². The van der Waals surface area contributed by atoms with Crippen LogP contribution >= 0.6 is 11.3 Å². The van der Waals surface area contributed by atoms with E-state index in [-0.39, 0.29) is 29.2 Å². The number of nitrogens with one attached hydrogen (secondary N) is 1. The number of hydrogen-bond acceptors (Lipinski definition) is 9. The third-order valence-corrected chi connectivity index (χ3v) is 8.75. The number of aryl methyl sites for hydroxylation is 2. The number of carbonyl (C=O) groups excluding carboxylic acids is 1. The number of nitrogens with zero attached hydrogens (tertiary/aromatic N) is 4. The smallest absolute Gasteiger partial charge is 0.263 e. The summed E-state index contributed by atoms with van der Waals surface area (Å²) in [6.07, 6.45) is 4.23. The molecule has 2 fully saturated rings. The van der Waals surface area contributed by atoms with Crippen molar-refractivity contribution in [2.24, 2.45) is 11.1 Å². The zero-order valence-electron chi connectivity index (χ0n) is 19.5. The van der Waals surface area contributed by atoms with Crippen molar-refractivity contribution in [2.45, 2.75) is 44.7 Å². The number of hydrogen-bond donors (Lipinski definition) is 3. The van der Waals surface area contributed by atoms with Crippen LogP contribution in [0.15, 0.2) is 12.3 Å². The summed E-state index contributed by atoms with van der Waals surface area (Å²) >= 11 is 1.25. The van der Waals surface area contributed by atoms with Crippen molar-refractivity contribution >= 4 is 39.0 Å². The largest absolute Gasteiger partial charge is 0.397 e. The fourth-order valence-electron chi connectivity index (χ4n) is 5.56. The van der Waals surface area contributed by atoms with Crippen molar-refractivity contribution in [3.63, 3.8) is 0 Å². The minimum atomic E-state index is -0.284. The van der Waals surface area contributed by atoms with Crippen LogP contribution in [0.2, 0.25) is 0 Å². The number of halogens is 1. The standard InChI is InChI=1S/C24H28FN7O2S/c1-12-28-8-15-20(27)21(35-23(15)29-12)22(33)30-13-2-3-17-14(6-13)16(25)7-19(31-17)32-9-18(26)24(10-32)4-5-34-11-24/h7-8,13,18H,2-6,9-11,26-27H2,1H3,(H,30,33). The van der Waals surface area contributed by atoms with Crippen LogP contribution in [0.4, 0.5) is 15.9 Å². The van der Waals surface area contributed by atoms with E-state index in [1.54, 1.807) is 13.1 Å². The maximum Gasteiger partial charge on any atom is 0.263 e. The van der Waals surface area contributed by atoms with Crippen molar-refractivity contribution in [1.82, 2.24) is 20.3 Å². The van der Waals surface area contributed by atoms with Gasteiger partial charge in [-0.05, 0) is 32.6 Å². The highest BCUT2D eigenvalue weighted by Gasteiger charge is 2.48. The number of amides is 1. The number of rotatable bonds is 3. The Balaban J connectivity index is 1.18. The molecular formula is C24H28FN7O2S. The highest BCUT2D eigenvalue weighted by atomic mass is 32.1. The first-order valence-corrected chi connectivity index (χ1v) is 12.7. The Kier molecular flexibility index (Phi) is 5.39. The van der Waals surface area contributed by atoms with E-state index in [4.69, 9.17) is 21.2 Å². The summed E-state index contributed by atoms with van der Waals surface area (Å²) in [5, 5.41) is 3.71. The maximum atomic E-state index is 15.3. The molecule has 2 aliphatic heterocycles. The summed E-state index contributed by atoms with van der Waals surface area (Å²) < 4.78 is 20.9. The second kappa shape index (κ2) is 8.35. The Morgan fingerprint density at radius 3 is 3.06 bits per heavy atom. The van der Waals surface area contributed by atoms with Gasteiger partial charge in [-0.3, -0.25) is 4.79 Å². The van der Waals surface area contributed by atoms with Crippen LogP contribution in [0.25, 0.3) is 10.2 Å². The molecule has 0 bridgehead atoms. The molecule has 3 unspecified atom stereocenters. The average molecular weight is 498 g/mol. The molecule has 5 N–H and O–H groups in total. The molecule has 11 heteroatoms. The summed E-state index contributed by atoms with van der Waals surface area (Å²) in [5.41, 5.74) is 14.3. The predicted octanol–water partition coefficient (Wildman–Crippen LogP) is 1.96. The summed E-state index contributed by atoms with van der Waals surface area (Å²) in [6.45, 7) is 4.55. The lowest BCUT2D eigenvalue weighted by molar-refractivity contribution is 0.0938. The van der Waals surface area contributed by atoms with E-state index in [0.717, 1.165) is 25.3 Å². The minimum Gasteiger partial charge on any atom is -0.397 e. The highest BCUT2D eigenvalue weighted by molar-refractivity contribution is 7.21. The van der Waals surface area contributed by atoms with E-state index in [1.165, 1.54) is 17.4 Å². The normalized spacial score (nSPS) is 26.0. The van der Waals surface area contributed by atoms with Crippen molar-refractivity contribution in [2.75, 3.05) is 36.9 Å². The van der Waals surface area contributed by atoms with Crippen LogP contribution in [-0.4, -0.2) is 59.2 Å². The topological polar surface area (TPSA) is 132 Å². The minimum absolute atomic E-state index is 0.0123. The summed E-state index contributed by atoms with van der Waals surface area (Å²) in [5.74, 6) is 0.710. The molecule has 3 atom stereocenters. The van der Waals surface area contributed by atoms with Gasteiger partial charge in [0, 0.05) is 60.7 Å². The lowest BCUT2D eigenvalue weighted by Gasteiger charge is -2.28. The van der Waals surface area contributed by atoms with Crippen molar-refractivity contribution in [3.8, 4) is 0 Å². The predicted molar refractivity (Wildman–Crippen MR) is 132 cm³/mol. The van der Waals surface area contributed by atoms with Crippen molar-refractivity contribution in [1.29, 1.82) is 0 Å². The van der Waals surface area contributed by atoms with Crippen LogP contribution in [0, 0.1) is 18.2 Å². The second-order valence-electron chi connectivity index (χ2n) is 9.93. The zero-order chi connectivity index (χ0) is 24.3. The number of nitrogens with two attached hydrogens (primary N) is 2. The molecule has 184 valence electrons. The molecule has 0 saturated carbocycles. The van der Waals surface area contributed by atoms with Crippen LogP contribution in [0.3, 0.4) is 0 Å². The van der Waals surface area contributed by atoms with Crippen LogP contribution in [0.5, 0.6) is 0 Å². The van der Waals surface area contributed by atoms with Crippen LogP contribution < -0.4 is 21.7 Å². The van der Waals surface area contributed by atoms with Crippen LogP contribution in [-0.2, 0) is 17.6 Å². The molecule has 9 nitrogen and oxygen atoms in total. The molecule has 1 spiro atoms. The number of pyridine rings is 1. The molecule has 35 heavy (non-hydrogen) atoms. The number of ether oxygens (including phenoxy) is 1. The van der Waals surface area contributed by atoms with Gasteiger partial charge in [-0.1, -0.05) is 0 Å². The van der Waals surface area contributed by atoms with E-state index in [0.29, 0.717) is 70.4 Å². The number of nitrogen functional groups attached to an aromatic ring is 1. The molecule has 5 heterocycles. The molecule has 3 aromatic rings. The van der Waals surface area contributed by atoms with E-state index in [1.807, 2.05) is 0 Å². The quantitative estimate of drug-likeness (QED) is 0.500. The Hall–Kier alpha value is -2.89. The second-order valence-corrected chi connectivity index (χ2v) is 10.9. The molecular weight excluding hydrogens is 469 g/mol. The Morgan fingerprint density at radius 1 is 1.40 bits per heavy atom. The highest BCUT2D eigenvalue weighted by Crippen LogP contribution is 2.40. The van der Waals surface area contributed by atoms with Crippen molar-refractivity contribution in [3.05, 3.63) is 40.0 Å². The van der Waals surface area contributed by atoms with Gasteiger partial charge in [0.2, 0.25) is 0 Å². The summed E-state index contributed by atoms with van der Waals surface area (Å²) in [4.78, 5) is 29.5. The van der Waals surface area contributed by atoms with Gasteiger partial charge in [-0.25, -0.2) is 19.3 Å². The first-order chi connectivity index (χ1) is 16.8. The monoisotopic (exact) mass is 497 g/mol. The number of aromatic nitrogens is 3. The van der Waals surface area contributed by atoms with E-state index in [9.17, 15) is 4.79 Å². The number of anilines is 2. The zero-order valence-corrected chi connectivity index (χ0v) is 20.3. The van der Waals surface area contributed by atoms with E-state index < -0.39 is 0 Å². The third-order valence-electron chi connectivity index (χ3n) is 7.64. The Morgan fingerprint density at radius 2 is 2.26 bits per heavy atom. The lowest BCUT2D eigenvalue weighted by Crippen LogP contribution is -2.40. The third kappa shape index (κ3) is 3.82. The summed E-state index contributed by atoms with van der Waals surface area (Å²) in [6, 6.07) is 1.30. The van der Waals surface area contributed by atoms with Crippen molar-refractivity contribution < 1.29 is 13.9 Å². The van der Waals surface area contributed by atoms with Gasteiger partial charge in [-0.2, -0.15) is 0 Å². The van der Waals surface area contributed by atoms with Gasteiger partial charge in [0.1, 0.15) is 27.2 Å². The SMILES string of the molecule is Cc1ncc2c(N)c(C(=O)NC3CCc4nc(N5CC(N)C6(CCOC6)C5)cc(F)c4C3)sc2n1. The fourth-order valence-corrected chi connectivity index (χ4v) is 6.57. The molecule has 2 saturated heterocycles. The Bertz CT molecular complexity index is 1320. The average Bonchev–Trinajstić information content (AvgIpc) is 3.53. The summed E-state index contributed by atoms with van der Waals surface area (Å²) in [7, 11) is 0. The molecule has 3 aliphatic rings. The first-order valence-electron chi connectivity index (χ1n) is 11.9. The van der Waals surface area contributed by atoms with Gasteiger partial charge in [0.25, 0.3) is 5.91 Å². The van der Waals surface area contributed by atoms with Gasteiger partial charge >= 0.3 is 0 Å². The van der Waals surface area contributed by atoms with Crippen LogP contribution in [0.1, 0.15) is 39.6 Å². The van der Waals surface area contributed by atoms with Gasteiger partial charge in [-0.15, -0.1) is 11.3 Å². The Labute approximate surface area is 206 Å². The number of carbonyl (C=O) groups is 1. The van der Waals surface area contributed by atoms with Gasteiger partial charge in [0.05, 0.1) is 17.7 Å². The number of fused-ring (bicyclic) bond motifs is 2. The number of thiophene rings is 1.